The number of benzene rings is 2. The van der Waals surface area contributed by atoms with Crippen molar-refractivity contribution in [1.29, 1.82) is 0 Å². The van der Waals surface area contributed by atoms with Crippen molar-refractivity contribution in [3.8, 4) is 0 Å². The van der Waals surface area contributed by atoms with Gasteiger partial charge in [-0.3, -0.25) is 14.5 Å². The fourth-order valence-corrected chi connectivity index (χ4v) is 5.60. The van der Waals surface area contributed by atoms with E-state index in [-0.39, 0.29) is 24.2 Å². The van der Waals surface area contributed by atoms with Gasteiger partial charge in [-0.25, -0.2) is 0 Å². The lowest BCUT2D eigenvalue weighted by Crippen LogP contribution is -2.54. The molecule has 3 aliphatic rings. The van der Waals surface area contributed by atoms with Gasteiger partial charge in [0.05, 0.1) is 30.1 Å². The summed E-state index contributed by atoms with van der Waals surface area (Å²) in [7, 11) is 0. The highest BCUT2D eigenvalue weighted by atomic mass is 16.5. The Hall–Kier alpha value is -2.70. The zero-order valence-electron chi connectivity index (χ0n) is 17.5. The molecule has 1 N–H and O–H groups in total. The lowest BCUT2D eigenvalue weighted by atomic mass is 9.78. The first-order valence-corrected chi connectivity index (χ1v) is 11.1. The maximum Gasteiger partial charge on any atom is 0.310 e. The number of carbonyl (C=O) groups excluding carboxylic acids is 1. The smallest absolute Gasteiger partial charge is 0.310 e. The molecule has 5 rings (SSSR count). The van der Waals surface area contributed by atoms with Crippen LogP contribution in [0.1, 0.15) is 30.0 Å². The molecule has 0 aliphatic carbocycles. The van der Waals surface area contributed by atoms with E-state index in [1.807, 2.05) is 17.0 Å². The van der Waals surface area contributed by atoms with Crippen LogP contribution in [0.2, 0.25) is 0 Å². The van der Waals surface area contributed by atoms with E-state index in [9.17, 15) is 14.7 Å². The lowest BCUT2D eigenvalue weighted by Gasteiger charge is -2.41. The molecule has 3 heterocycles. The third kappa shape index (κ3) is 3.75. The van der Waals surface area contributed by atoms with Crippen LogP contribution < -0.4 is 0 Å². The van der Waals surface area contributed by atoms with E-state index in [2.05, 4.69) is 53.4 Å². The Kier molecular flexibility index (Phi) is 5.50. The van der Waals surface area contributed by atoms with Crippen LogP contribution in [-0.4, -0.2) is 65.2 Å². The number of ether oxygens (including phenoxy) is 1. The van der Waals surface area contributed by atoms with E-state index < -0.39 is 17.8 Å². The van der Waals surface area contributed by atoms with Crippen LogP contribution in [0.25, 0.3) is 0 Å². The summed E-state index contributed by atoms with van der Waals surface area (Å²) >= 11 is 0. The SMILES string of the molecule is O=C(O)[C@@H]1[C@H](C(=O)N2CCN(C(c3ccccc3)c3ccccc3)CC2)[C@H]2CC[C@H]1O2. The predicted molar refractivity (Wildman–Crippen MR) is 115 cm³/mol. The molecule has 6 nitrogen and oxygen atoms in total. The Bertz CT molecular complexity index is 888. The van der Waals surface area contributed by atoms with Crippen LogP contribution in [0.3, 0.4) is 0 Å². The maximum atomic E-state index is 13.3. The quantitative estimate of drug-likeness (QED) is 0.806. The summed E-state index contributed by atoms with van der Waals surface area (Å²) in [5.74, 6) is -2.19. The minimum Gasteiger partial charge on any atom is -0.481 e. The number of rotatable bonds is 5. The van der Waals surface area contributed by atoms with Gasteiger partial charge in [0.2, 0.25) is 5.91 Å². The van der Waals surface area contributed by atoms with E-state index in [1.165, 1.54) is 11.1 Å². The molecule has 2 bridgehead atoms. The van der Waals surface area contributed by atoms with Gasteiger partial charge < -0.3 is 14.7 Å². The van der Waals surface area contributed by atoms with Crippen LogP contribution in [0.15, 0.2) is 60.7 Å². The molecule has 2 aromatic carbocycles. The molecule has 0 unspecified atom stereocenters. The third-order valence-electron chi connectivity index (χ3n) is 7.07. The monoisotopic (exact) mass is 420 g/mol. The lowest BCUT2D eigenvalue weighted by molar-refractivity contribution is -0.151. The van der Waals surface area contributed by atoms with Gasteiger partial charge >= 0.3 is 5.97 Å². The Labute approximate surface area is 182 Å². The topological polar surface area (TPSA) is 70.1 Å². The Morgan fingerprint density at radius 1 is 0.806 bits per heavy atom. The van der Waals surface area contributed by atoms with E-state index >= 15 is 0 Å². The Balaban J connectivity index is 1.31. The molecule has 2 aromatic rings. The molecule has 31 heavy (non-hydrogen) atoms. The van der Waals surface area contributed by atoms with Gasteiger partial charge in [-0.15, -0.1) is 0 Å². The van der Waals surface area contributed by atoms with Crippen LogP contribution in [0.4, 0.5) is 0 Å². The number of hydrogen-bond donors (Lipinski definition) is 1. The number of carboxylic acids is 1. The van der Waals surface area contributed by atoms with E-state index in [0.29, 0.717) is 13.1 Å². The number of piperazine rings is 1. The maximum absolute atomic E-state index is 13.3. The molecule has 6 heteroatoms. The van der Waals surface area contributed by atoms with Gasteiger partial charge in [0.25, 0.3) is 0 Å². The molecule has 0 radical (unpaired) electrons. The fraction of sp³-hybridized carbons (Fsp3) is 0.440. The van der Waals surface area contributed by atoms with Gasteiger partial charge in [-0.1, -0.05) is 60.7 Å². The average Bonchev–Trinajstić information content (AvgIpc) is 3.43. The first-order valence-electron chi connectivity index (χ1n) is 11.1. The van der Waals surface area contributed by atoms with Crippen molar-refractivity contribution in [2.75, 3.05) is 26.2 Å². The molecule has 1 amide bonds. The van der Waals surface area contributed by atoms with Gasteiger partial charge in [0, 0.05) is 26.2 Å². The van der Waals surface area contributed by atoms with Crippen molar-refractivity contribution < 1.29 is 19.4 Å². The molecule has 3 saturated heterocycles. The van der Waals surface area contributed by atoms with E-state index in [4.69, 9.17) is 4.74 Å². The zero-order chi connectivity index (χ0) is 21.4. The standard InChI is InChI=1S/C25H28N2O4/c28-24(21-19-11-12-20(31-19)22(21)25(29)30)27-15-13-26(14-16-27)23(17-7-3-1-4-8-17)18-9-5-2-6-10-18/h1-10,19-23H,11-16H2,(H,29,30)/t19-,20-,21-,22+/m1/s1. The summed E-state index contributed by atoms with van der Waals surface area (Å²) in [5.41, 5.74) is 2.47. The van der Waals surface area contributed by atoms with Crippen molar-refractivity contribution in [2.24, 2.45) is 11.8 Å². The van der Waals surface area contributed by atoms with E-state index in [0.717, 1.165) is 25.9 Å². The number of carbonyl (C=O) groups is 2. The summed E-state index contributed by atoms with van der Waals surface area (Å²) in [4.78, 5) is 29.3. The van der Waals surface area contributed by atoms with Crippen molar-refractivity contribution in [1.82, 2.24) is 9.80 Å². The first kappa shape index (κ1) is 20.2. The Morgan fingerprint density at radius 2 is 1.32 bits per heavy atom. The van der Waals surface area contributed by atoms with Crippen LogP contribution in [0.5, 0.6) is 0 Å². The molecule has 0 aromatic heterocycles. The molecular formula is C25H28N2O4. The highest BCUT2D eigenvalue weighted by molar-refractivity contribution is 5.86. The van der Waals surface area contributed by atoms with Gasteiger partial charge in [-0.2, -0.15) is 0 Å². The summed E-state index contributed by atoms with van der Waals surface area (Å²) in [6, 6.07) is 21.0. The second-order valence-electron chi connectivity index (χ2n) is 8.77. The molecule has 3 fully saturated rings. The summed E-state index contributed by atoms with van der Waals surface area (Å²) in [6.07, 6.45) is 0.987. The van der Waals surface area contributed by atoms with Crippen molar-refractivity contribution >= 4 is 11.9 Å². The molecule has 162 valence electrons. The van der Waals surface area contributed by atoms with Crippen molar-refractivity contribution in [3.05, 3.63) is 71.8 Å². The first-order chi connectivity index (χ1) is 15.1. The van der Waals surface area contributed by atoms with Gasteiger partial charge in [0.15, 0.2) is 0 Å². The van der Waals surface area contributed by atoms with Gasteiger partial charge in [-0.05, 0) is 24.0 Å². The Morgan fingerprint density at radius 3 is 1.84 bits per heavy atom. The second-order valence-corrected chi connectivity index (χ2v) is 8.77. The van der Waals surface area contributed by atoms with Crippen molar-refractivity contribution in [2.45, 2.75) is 31.1 Å². The zero-order valence-corrected chi connectivity index (χ0v) is 17.5. The number of nitrogens with zero attached hydrogens (tertiary/aromatic N) is 2. The molecule has 0 saturated carbocycles. The fourth-order valence-electron chi connectivity index (χ4n) is 5.60. The number of aliphatic carboxylic acids is 1. The summed E-state index contributed by atoms with van der Waals surface area (Å²) in [6.45, 7) is 2.71. The molecular weight excluding hydrogens is 392 g/mol. The minimum absolute atomic E-state index is 0.0461. The number of hydrogen-bond acceptors (Lipinski definition) is 4. The second kappa shape index (κ2) is 8.44. The van der Waals surface area contributed by atoms with Crippen LogP contribution in [0, 0.1) is 11.8 Å². The largest absolute Gasteiger partial charge is 0.481 e. The molecule has 0 spiro atoms. The molecule has 4 atom stereocenters. The number of carboxylic acid groups (broad SMARTS) is 1. The third-order valence-corrected chi connectivity index (χ3v) is 7.07. The number of fused-ring (bicyclic) bond motifs is 2. The number of amides is 1. The highest BCUT2D eigenvalue weighted by Gasteiger charge is 2.56. The van der Waals surface area contributed by atoms with Crippen LogP contribution in [-0.2, 0) is 14.3 Å². The van der Waals surface area contributed by atoms with Gasteiger partial charge in [0.1, 0.15) is 0 Å². The molecule has 3 aliphatic heterocycles. The normalized spacial score (nSPS) is 28.2. The van der Waals surface area contributed by atoms with E-state index in [1.54, 1.807) is 0 Å². The predicted octanol–water partition coefficient (Wildman–Crippen LogP) is 2.80. The highest BCUT2D eigenvalue weighted by Crippen LogP contribution is 2.44. The van der Waals surface area contributed by atoms with Crippen molar-refractivity contribution in [3.63, 3.8) is 0 Å². The van der Waals surface area contributed by atoms with Crippen LogP contribution >= 0.6 is 0 Å². The minimum atomic E-state index is -0.905. The summed E-state index contributed by atoms with van der Waals surface area (Å²) in [5, 5.41) is 9.66. The average molecular weight is 421 g/mol. The summed E-state index contributed by atoms with van der Waals surface area (Å²) < 4.78 is 5.81.